The fourth-order valence-electron chi connectivity index (χ4n) is 4.71. The second kappa shape index (κ2) is 10.8. The number of pyridine rings is 2. The summed E-state index contributed by atoms with van der Waals surface area (Å²) in [5, 5.41) is 26.0. The lowest BCUT2D eigenvalue weighted by Gasteiger charge is -2.23. The normalized spacial score (nSPS) is 15.1. The Labute approximate surface area is 243 Å². The van der Waals surface area contributed by atoms with Crippen molar-refractivity contribution in [3.8, 4) is 17.2 Å². The number of benzene rings is 2. The molecule has 3 heterocycles. The van der Waals surface area contributed by atoms with Crippen molar-refractivity contribution in [2.75, 3.05) is 17.2 Å². The van der Waals surface area contributed by atoms with E-state index in [4.69, 9.17) is 0 Å². The highest BCUT2D eigenvalue weighted by molar-refractivity contribution is 6.04. The molecule has 0 aliphatic heterocycles. The van der Waals surface area contributed by atoms with Crippen LogP contribution in [0, 0.1) is 28.5 Å². The number of halogens is 2. The maximum absolute atomic E-state index is 14.0. The van der Waals surface area contributed by atoms with E-state index in [2.05, 4.69) is 57.8 Å². The van der Waals surface area contributed by atoms with Gasteiger partial charge < -0.3 is 10.6 Å². The third-order valence-electron chi connectivity index (χ3n) is 7.02. The van der Waals surface area contributed by atoms with Crippen LogP contribution in [0.4, 0.5) is 20.2 Å². The van der Waals surface area contributed by atoms with Gasteiger partial charge in [-0.1, -0.05) is 38.1 Å². The maximum Gasteiger partial charge on any atom is 0.212 e. The molecule has 1 atom stereocenters. The third kappa shape index (κ3) is 5.77. The number of nitriles is 1. The SMILES string of the molecule is [2H][C@](Nc1cc(-c2ccc(F)nc2)c2ncc(C#N)c(NCC(C)(C)C)c2c1)(c1ccc(F)cc1)c1cn(C2CC2)nn1. The molecule has 0 saturated heterocycles. The molecule has 5 aromatic rings. The maximum atomic E-state index is 14.0. The van der Waals surface area contributed by atoms with Crippen LogP contribution in [-0.4, -0.2) is 31.5 Å². The van der Waals surface area contributed by atoms with Crippen molar-refractivity contribution in [2.24, 2.45) is 5.41 Å². The van der Waals surface area contributed by atoms with Crippen LogP contribution in [0.2, 0.25) is 0 Å². The van der Waals surface area contributed by atoms with Crippen molar-refractivity contribution in [3.63, 3.8) is 0 Å². The van der Waals surface area contributed by atoms with Crippen LogP contribution in [0.3, 0.4) is 0 Å². The van der Waals surface area contributed by atoms with Gasteiger partial charge in [-0.05, 0) is 60.2 Å². The Kier molecular flexibility index (Phi) is 6.70. The molecule has 1 fully saturated rings. The molecule has 0 spiro atoms. The predicted octanol–water partition coefficient (Wildman–Crippen LogP) is 7.03. The zero-order chi connectivity index (χ0) is 30.4. The van der Waals surface area contributed by atoms with Gasteiger partial charge in [0.05, 0.1) is 36.4 Å². The Morgan fingerprint density at radius 1 is 1.10 bits per heavy atom. The van der Waals surface area contributed by atoms with E-state index in [1.807, 2.05) is 12.1 Å². The second-order valence-electron chi connectivity index (χ2n) is 11.7. The predicted molar refractivity (Wildman–Crippen MR) is 158 cm³/mol. The summed E-state index contributed by atoms with van der Waals surface area (Å²) in [7, 11) is 0. The van der Waals surface area contributed by atoms with Crippen LogP contribution < -0.4 is 10.6 Å². The second-order valence-corrected chi connectivity index (χ2v) is 11.7. The van der Waals surface area contributed by atoms with Gasteiger partial charge in [0, 0.05) is 41.1 Å². The molecule has 3 aromatic heterocycles. The van der Waals surface area contributed by atoms with Crippen molar-refractivity contribution in [2.45, 2.75) is 45.7 Å². The van der Waals surface area contributed by atoms with Gasteiger partial charge in [-0.15, -0.1) is 5.10 Å². The first kappa shape index (κ1) is 26.0. The monoisotopic (exact) mass is 565 g/mol. The van der Waals surface area contributed by atoms with E-state index in [0.717, 1.165) is 12.8 Å². The minimum absolute atomic E-state index is 0.0891. The highest BCUT2D eigenvalue weighted by Crippen LogP contribution is 2.39. The first-order chi connectivity index (χ1) is 20.5. The zero-order valence-corrected chi connectivity index (χ0v) is 23.5. The van der Waals surface area contributed by atoms with Crippen LogP contribution in [0.1, 0.15) is 63.9 Å². The van der Waals surface area contributed by atoms with E-state index in [-0.39, 0.29) is 11.5 Å². The molecule has 0 amide bonds. The minimum Gasteiger partial charge on any atom is -0.383 e. The summed E-state index contributed by atoms with van der Waals surface area (Å²) in [6, 6.07) is 13.0. The Morgan fingerprint density at radius 3 is 2.55 bits per heavy atom. The Balaban J connectivity index is 1.55. The summed E-state index contributed by atoms with van der Waals surface area (Å²) in [6.45, 7) is 6.84. The molecule has 1 aliphatic rings. The van der Waals surface area contributed by atoms with Crippen molar-refractivity contribution in [1.29, 1.82) is 5.26 Å². The molecule has 6 rings (SSSR count). The molecule has 1 saturated carbocycles. The summed E-state index contributed by atoms with van der Waals surface area (Å²) < 4.78 is 39.2. The standard InChI is InChI=1S/C32H30F2N8/c1-32(2,3)18-38-29-21(14-35)16-37-31-25(20-6-11-28(34)36-15-20)12-23(13-26(29)31)39-30(19-4-7-22(33)8-5-19)27-17-42(41-40-27)24-9-10-24/h4-8,11-13,15-17,24,30,39H,9-10,18H2,1-3H3,(H,37,38)/t30-/m0/s1/i30D. The summed E-state index contributed by atoms with van der Waals surface area (Å²) in [6.07, 6.45) is 6.68. The molecule has 2 N–H and O–H groups in total. The highest BCUT2D eigenvalue weighted by atomic mass is 19.1. The first-order valence-electron chi connectivity index (χ1n) is 14.2. The molecule has 0 unspecified atom stereocenters. The van der Waals surface area contributed by atoms with Crippen LogP contribution in [0.15, 0.2) is 67.1 Å². The van der Waals surface area contributed by atoms with E-state index in [0.29, 0.717) is 56.8 Å². The molecule has 2 aromatic carbocycles. The molecule has 212 valence electrons. The minimum atomic E-state index is -1.66. The van der Waals surface area contributed by atoms with Gasteiger partial charge in [0.2, 0.25) is 5.95 Å². The lowest BCUT2D eigenvalue weighted by molar-refractivity contribution is 0.443. The Bertz CT molecular complexity index is 1840. The van der Waals surface area contributed by atoms with Gasteiger partial charge in [-0.3, -0.25) is 4.98 Å². The topological polar surface area (TPSA) is 104 Å². The molecule has 42 heavy (non-hydrogen) atoms. The largest absolute Gasteiger partial charge is 0.383 e. The molecule has 10 heteroatoms. The van der Waals surface area contributed by atoms with Gasteiger partial charge in [-0.25, -0.2) is 14.1 Å². The van der Waals surface area contributed by atoms with Gasteiger partial charge in [-0.2, -0.15) is 9.65 Å². The summed E-state index contributed by atoms with van der Waals surface area (Å²) >= 11 is 0. The van der Waals surface area contributed by atoms with Crippen LogP contribution in [0.25, 0.3) is 22.0 Å². The number of fused-ring (bicyclic) bond motifs is 1. The van der Waals surface area contributed by atoms with Crippen molar-refractivity contribution in [3.05, 3.63) is 95.7 Å². The van der Waals surface area contributed by atoms with Crippen LogP contribution >= 0.6 is 0 Å². The number of nitrogens with one attached hydrogen (secondary N) is 2. The quantitative estimate of drug-likeness (QED) is 0.195. The molecular formula is C32H30F2N8. The number of nitrogens with zero attached hydrogens (tertiary/aromatic N) is 6. The number of rotatable bonds is 8. The zero-order valence-electron chi connectivity index (χ0n) is 24.5. The fourth-order valence-corrected chi connectivity index (χ4v) is 4.71. The van der Waals surface area contributed by atoms with Gasteiger partial charge in [0.1, 0.15) is 17.6 Å². The van der Waals surface area contributed by atoms with Crippen LogP contribution in [0.5, 0.6) is 0 Å². The average molecular weight is 566 g/mol. The van der Waals surface area contributed by atoms with Gasteiger partial charge >= 0.3 is 0 Å². The number of hydrogen-bond acceptors (Lipinski definition) is 7. The number of hydrogen-bond donors (Lipinski definition) is 2. The first-order valence-corrected chi connectivity index (χ1v) is 13.7. The van der Waals surface area contributed by atoms with E-state index >= 15 is 0 Å². The lowest BCUT2D eigenvalue weighted by Crippen LogP contribution is -2.20. The van der Waals surface area contributed by atoms with E-state index in [1.165, 1.54) is 30.6 Å². The summed E-state index contributed by atoms with van der Waals surface area (Å²) in [5.41, 5.74) is 3.97. The molecular weight excluding hydrogens is 534 g/mol. The van der Waals surface area contributed by atoms with E-state index in [1.54, 1.807) is 29.1 Å². The van der Waals surface area contributed by atoms with E-state index in [9.17, 15) is 15.4 Å². The van der Waals surface area contributed by atoms with Gasteiger partial charge in [0.25, 0.3) is 0 Å². The fraction of sp³-hybridized carbons (Fsp3) is 0.281. The Hall–Kier alpha value is -4.91. The molecule has 8 nitrogen and oxygen atoms in total. The third-order valence-corrected chi connectivity index (χ3v) is 7.02. The number of aromatic nitrogens is 5. The smallest absolute Gasteiger partial charge is 0.212 e. The molecule has 0 bridgehead atoms. The lowest BCUT2D eigenvalue weighted by atomic mass is 9.95. The Morgan fingerprint density at radius 2 is 1.88 bits per heavy atom. The highest BCUT2D eigenvalue weighted by Gasteiger charge is 2.27. The van der Waals surface area contributed by atoms with Crippen molar-refractivity contribution >= 4 is 22.3 Å². The van der Waals surface area contributed by atoms with Gasteiger partial charge in [0.15, 0.2) is 0 Å². The average Bonchev–Trinajstić information content (AvgIpc) is 3.71. The molecule has 1 aliphatic carbocycles. The van der Waals surface area contributed by atoms with E-state index < -0.39 is 17.8 Å². The van der Waals surface area contributed by atoms with Crippen molar-refractivity contribution in [1.82, 2.24) is 25.0 Å². The van der Waals surface area contributed by atoms with Crippen LogP contribution in [-0.2, 0) is 0 Å². The number of anilines is 2. The summed E-state index contributed by atoms with van der Waals surface area (Å²) in [5.74, 6) is -1.04. The summed E-state index contributed by atoms with van der Waals surface area (Å²) in [4.78, 5) is 8.47. The molecule has 0 radical (unpaired) electrons. The van der Waals surface area contributed by atoms with Crippen molar-refractivity contribution < 1.29 is 10.2 Å².